The lowest BCUT2D eigenvalue weighted by Crippen LogP contribution is -2.15. The van der Waals surface area contributed by atoms with Crippen molar-refractivity contribution >= 4 is 21.3 Å². The first-order valence-electron chi connectivity index (χ1n) is 8.67. The molecule has 0 aliphatic rings. The monoisotopic (exact) mass is 395 g/mol. The highest BCUT2D eigenvalue weighted by atomic mass is 32.2. The molecule has 0 aliphatic heterocycles. The van der Waals surface area contributed by atoms with Crippen molar-refractivity contribution in [2.75, 3.05) is 31.3 Å². The third kappa shape index (κ3) is 4.48. The van der Waals surface area contributed by atoms with Gasteiger partial charge in [-0.2, -0.15) is 5.10 Å². The summed E-state index contributed by atoms with van der Waals surface area (Å²) in [4.78, 5) is 13.0. The van der Waals surface area contributed by atoms with E-state index < -0.39 is 15.6 Å². The van der Waals surface area contributed by atoms with Gasteiger partial charge in [0.2, 0.25) is 5.88 Å². The summed E-state index contributed by atoms with van der Waals surface area (Å²) in [7, 11) is -3.49. The van der Waals surface area contributed by atoms with Gasteiger partial charge in [0.05, 0.1) is 23.4 Å². The Morgan fingerprint density at radius 1 is 1.30 bits per heavy atom. The molecule has 9 heteroatoms. The van der Waals surface area contributed by atoms with Crippen LogP contribution in [0.3, 0.4) is 0 Å². The molecule has 0 fully saturated rings. The largest absolute Gasteiger partial charge is 0.493 e. The molecule has 0 saturated heterocycles. The molecule has 0 aliphatic carbocycles. The molecule has 148 valence electrons. The van der Waals surface area contributed by atoms with Crippen LogP contribution < -0.4 is 5.32 Å². The van der Waals surface area contributed by atoms with Crippen LogP contribution in [0, 0.1) is 6.92 Å². The Bertz CT molecular complexity index is 935. The van der Waals surface area contributed by atoms with Crippen molar-refractivity contribution in [2.24, 2.45) is 0 Å². The first-order chi connectivity index (χ1) is 12.7. The third-order valence-electron chi connectivity index (χ3n) is 4.18. The third-order valence-corrected chi connectivity index (χ3v) is 5.32. The molecular formula is C18H25N3O5S. The van der Waals surface area contributed by atoms with Crippen LogP contribution in [0.5, 0.6) is 5.88 Å². The van der Waals surface area contributed by atoms with E-state index in [9.17, 15) is 18.3 Å². The smallest absolute Gasteiger partial charge is 0.220 e. The standard InChI is InChI=1S/C18H25N3O5S/c1-5-21-18(23)14(11-20-21)17(22)13-7-8-15(27(4,24)25)16(12(13)3)19-9-10-26-6-2/h7-8,11,19,23H,5-6,9-10H2,1-4H3. The molecule has 0 radical (unpaired) electrons. The zero-order chi connectivity index (χ0) is 20.2. The molecule has 0 spiro atoms. The van der Waals surface area contributed by atoms with Crippen LogP contribution in [0.2, 0.25) is 0 Å². The molecule has 27 heavy (non-hydrogen) atoms. The Balaban J connectivity index is 2.48. The molecule has 1 aromatic heterocycles. The molecule has 0 unspecified atom stereocenters. The lowest BCUT2D eigenvalue weighted by molar-refractivity contribution is 0.103. The predicted octanol–water partition coefficient (Wildman–Crippen LogP) is 2.00. The maximum Gasteiger partial charge on any atom is 0.220 e. The van der Waals surface area contributed by atoms with Crippen LogP contribution >= 0.6 is 0 Å². The van der Waals surface area contributed by atoms with Crippen LogP contribution in [-0.4, -0.2) is 55.1 Å². The Morgan fingerprint density at radius 3 is 2.56 bits per heavy atom. The summed E-state index contributed by atoms with van der Waals surface area (Å²) in [6.45, 7) is 7.12. The summed E-state index contributed by atoms with van der Waals surface area (Å²) in [5.41, 5.74) is 1.23. The van der Waals surface area contributed by atoms with Crippen LogP contribution in [0.1, 0.15) is 35.3 Å². The summed E-state index contributed by atoms with van der Waals surface area (Å²) in [6, 6.07) is 2.87. The second kappa shape index (κ2) is 8.53. The SMILES string of the molecule is CCOCCNc1c(S(C)(=O)=O)ccc(C(=O)c2cnn(CC)c2O)c1C. The van der Waals surface area contributed by atoms with Crippen molar-refractivity contribution in [1.82, 2.24) is 9.78 Å². The number of anilines is 1. The molecule has 0 saturated carbocycles. The molecule has 2 N–H and O–H groups in total. The van der Waals surface area contributed by atoms with Gasteiger partial charge < -0.3 is 15.2 Å². The van der Waals surface area contributed by atoms with E-state index in [-0.39, 0.29) is 16.3 Å². The number of carbonyl (C=O) groups is 1. The normalized spacial score (nSPS) is 11.6. The number of carbonyl (C=O) groups excluding carboxylic acids is 1. The Kier molecular flexibility index (Phi) is 6.61. The van der Waals surface area contributed by atoms with E-state index in [0.717, 1.165) is 6.26 Å². The predicted molar refractivity (Wildman–Crippen MR) is 102 cm³/mol. The zero-order valence-electron chi connectivity index (χ0n) is 15.9. The molecule has 0 amide bonds. The molecule has 1 aromatic carbocycles. The Labute approximate surface area is 159 Å². The second-order valence-electron chi connectivity index (χ2n) is 6.03. The number of nitrogens with zero attached hydrogens (tertiary/aromatic N) is 2. The first kappa shape index (κ1) is 20.9. The highest BCUT2D eigenvalue weighted by Crippen LogP contribution is 2.30. The van der Waals surface area contributed by atoms with E-state index in [4.69, 9.17) is 4.74 Å². The van der Waals surface area contributed by atoms with E-state index in [1.165, 1.54) is 23.0 Å². The van der Waals surface area contributed by atoms with E-state index in [0.29, 0.717) is 43.1 Å². The minimum Gasteiger partial charge on any atom is -0.493 e. The number of benzene rings is 1. The maximum atomic E-state index is 12.9. The van der Waals surface area contributed by atoms with Crippen molar-refractivity contribution in [3.8, 4) is 5.88 Å². The molecular weight excluding hydrogens is 370 g/mol. The van der Waals surface area contributed by atoms with E-state index >= 15 is 0 Å². The van der Waals surface area contributed by atoms with Gasteiger partial charge in [-0.05, 0) is 38.5 Å². The van der Waals surface area contributed by atoms with Gasteiger partial charge >= 0.3 is 0 Å². The quantitative estimate of drug-likeness (QED) is 0.493. The van der Waals surface area contributed by atoms with Gasteiger partial charge in [-0.25, -0.2) is 13.1 Å². The van der Waals surface area contributed by atoms with Crippen LogP contribution in [0.4, 0.5) is 5.69 Å². The van der Waals surface area contributed by atoms with Gasteiger partial charge in [0.25, 0.3) is 0 Å². The minimum absolute atomic E-state index is 0.0762. The van der Waals surface area contributed by atoms with Crippen LogP contribution in [-0.2, 0) is 21.1 Å². The number of nitrogens with one attached hydrogen (secondary N) is 1. The lowest BCUT2D eigenvalue weighted by Gasteiger charge is -2.16. The van der Waals surface area contributed by atoms with Crippen LogP contribution in [0.25, 0.3) is 0 Å². The second-order valence-corrected chi connectivity index (χ2v) is 8.02. The average molecular weight is 395 g/mol. The van der Waals surface area contributed by atoms with Gasteiger partial charge in [-0.3, -0.25) is 4.79 Å². The number of sulfone groups is 1. The Hall–Kier alpha value is -2.39. The summed E-state index contributed by atoms with van der Waals surface area (Å²) in [5.74, 6) is -0.627. The number of rotatable bonds is 9. The molecule has 0 atom stereocenters. The average Bonchev–Trinajstić information content (AvgIpc) is 2.98. The number of hydrogen-bond donors (Lipinski definition) is 2. The summed E-state index contributed by atoms with van der Waals surface area (Å²) >= 11 is 0. The summed E-state index contributed by atoms with van der Waals surface area (Å²) in [5, 5.41) is 17.2. The highest BCUT2D eigenvalue weighted by molar-refractivity contribution is 7.90. The van der Waals surface area contributed by atoms with Gasteiger partial charge in [-0.1, -0.05) is 0 Å². The number of aromatic hydroxyl groups is 1. The molecule has 2 aromatic rings. The van der Waals surface area contributed by atoms with Crippen molar-refractivity contribution in [3.05, 3.63) is 35.0 Å². The fraction of sp³-hybridized carbons (Fsp3) is 0.444. The van der Waals surface area contributed by atoms with Gasteiger partial charge in [0.1, 0.15) is 5.56 Å². The molecule has 8 nitrogen and oxygen atoms in total. The van der Waals surface area contributed by atoms with Crippen molar-refractivity contribution in [1.29, 1.82) is 0 Å². The lowest BCUT2D eigenvalue weighted by atomic mass is 9.99. The van der Waals surface area contributed by atoms with E-state index in [2.05, 4.69) is 10.4 Å². The van der Waals surface area contributed by atoms with Crippen molar-refractivity contribution in [2.45, 2.75) is 32.2 Å². The molecule has 2 rings (SSSR count). The van der Waals surface area contributed by atoms with Crippen molar-refractivity contribution in [3.63, 3.8) is 0 Å². The van der Waals surface area contributed by atoms with Crippen molar-refractivity contribution < 1.29 is 23.1 Å². The topological polar surface area (TPSA) is 111 Å². The number of aromatic nitrogens is 2. The van der Waals surface area contributed by atoms with Gasteiger partial charge in [0, 0.05) is 31.5 Å². The fourth-order valence-corrected chi connectivity index (χ4v) is 3.68. The number of hydrogen-bond acceptors (Lipinski definition) is 7. The Morgan fingerprint density at radius 2 is 2.00 bits per heavy atom. The molecule has 1 heterocycles. The van der Waals surface area contributed by atoms with Gasteiger partial charge in [0.15, 0.2) is 15.6 Å². The molecule has 0 bridgehead atoms. The van der Waals surface area contributed by atoms with Crippen LogP contribution in [0.15, 0.2) is 23.2 Å². The minimum atomic E-state index is -3.49. The number of aryl methyl sites for hydroxylation is 1. The zero-order valence-corrected chi connectivity index (χ0v) is 16.8. The van der Waals surface area contributed by atoms with E-state index in [1.54, 1.807) is 13.8 Å². The fourth-order valence-electron chi connectivity index (χ4n) is 2.77. The number of ketones is 1. The number of ether oxygens (including phenoxy) is 1. The van der Waals surface area contributed by atoms with Gasteiger partial charge in [-0.15, -0.1) is 0 Å². The van der Waals surface area contributed by atoms with E-state index in [1.807, 2.05) is 6.92 Å². The summed E-state index contributed by atoms with van der Waals surface area (Å²) in [6.07, 6.45) is 2.43. The summed E-state index contributed by atoms with van der Waals surface area (Å²) < 4.78 is 30.9. The first-order valence-corrected chi connectivity index (χ1v) is 10.6. The maximum absolute atomic E-state index is 12.9. The highest BCUT2D eigenvalue weighted by Gasteiger charge is 2.24.